The summed E-state index contributed by atoms with van der Waals surface area (Å²) in [5.74, 6) is 0. The van der Waals surface area contributed by atoms with E-state index in [1.54, 1.807) is 6.07 Å². The van der Waals surface area contributed by atoms with Crippen LogP contribution in [0.15, 0.2) is 30.2 Å². The van der Waals surface area contributed by atoms with Crippen LogP contribution in [-0.4, -0.2) is 0 Å². The van der Waals surface area contributed by atoms with Crippen molar-refractivity contribution in [3.05, 3.63) is 42.2 Å². The van der Waals surface area contributed by atoms with Crippen molar-refractivity contribution in [3.8, 4) is 6.07 Å². The molecule has 0 radical (unpaired) electrons. The smallest absolute Gasteiger partial charge is 0.208 e. The molecule has 1 aromatic carbocycles. The van der Waals surface area contributed by atoms with Gasteiger partial charge in [0, 0.05) is 8.81 Å². The Hall–Kier alpha value is 0.216. The van der Waals surface area contributed by atoms with Gasteiger partial charge in [0.1, 0.15) is 0 Å². The summed E-state index contributed by atoms with van der Waals surface area (Å²) in [4.78, 5) is 0. The molecule has 0 spiro atoms. The van der Waals surface area contributed by atoms with Crippen molar-refractivity contribution in [2.45, 2.75) is 0 Å². The van der Waals surface area contributed by atoms with Crippen LogP contribution in [0.3, 0.4) is 0 Å². The average Bonchev–Trinajstić information content (AvgIpc) is 2.19. The summed E-state index contributed by atoms with van der Waals surface area (Å²) in [6.45, 7) is 0. The van der Waals surface area contributed by atoms with Gasteiger partial charge in [0.2, 0.25) is 0 Å². The maximum atomic E-state index is 8.38. The topological polar surface area (TPSA) is 23.8 Å². The number of rotatable bonds is 1. The first-order valence-corrected chi connectivity index (χ1v) is 2.30. The van der Waals surface area contributed by atoms with E-state index in [1.807, 2.05) is 0 Å². The fourth-order valence-corrected chi connectivity index (χ4v) is 0.396. The maximum absolute atomic E-state index is 8.38. The standard InChI is InChI=1S/C8H6N.K/c9-7-6-8-4-2-1-3-5-8;/h1-6H;/q-1;+1/i1D,2D,3D,4D,5D;. The number of nitriles is 1. The quantitative estimate of drug-likeness (QED) is 0.373. The number of hydrogen-bond donors (Lipinski definition) is 0. The molecule has 44 valence electrons. The van der Waals surface area contributed by atoms with E-state index in [1.165, 1.54) is 0 Å². The van der Waals surface area contributed by atoms with Crippen LogP contribution in [-0.2, 0) is 0 Å². The van der Waals surface area contributed by atoms with Crippen LogP contribution in [0.1, 0.15) is 12.4 Å². The van der Waals surface area contributed by atoms with Crippen LogP contribution in [0.2, 0.25) is 0 Å². The third-order valence-corrected chi connectivity index (χ3v) is 0.728. The van der Waals surface area contributed by atoms with Gasteiger partial charge in [-0.1, -0.05) is 12.5 Å². The van der Waals surface area contributed by atoms with E-state index in [4.69, 9.17) is 12.1 Å². The Bertz CT molecular complexity index is 397. The summed E-state index contributed by atoms with van der Waals surface area (Å²) in [7, 11) is 0. The van der Waals surface area contributed by atoms with E-state index >= 15 is 0 Å². The fourth-order valence-electron chi connectivity index (χ4n) is 0.396. The first-order chi connectivity index (χ1) is 6.50. The van der Waals surface area contributed by atoms with E-state index in [2.05, 4.69) is 0 Å². The van der Waals surface area contributed by atoms with Gasteiger partial charge in [-0.2, -0.15) is 17.6 Å². The molecule has 1 nitrogen and oxygen atoms in total. The summed E-state index contributed by atoms with van der Waals surface area (Å²) >= 11 is 0. The van der Waals surface area contributed by atoms with Gasteiger partial charge < -0.3 is 0 Å². The second-order valence-electron chi connectivity index (χ2n) is 1.31. The van der Waals surface area contributed by atoms with Gasteiger partial charge in [-0.15, -0.1) is 12.1 Å². The van der Waals surface area contributed by atoms with Crippen molar-refractivity contribution in [2.24, 2.45) is 0 Å². The molecule has 0 saturated carbocycles. The minimum Gasteiger partial charge on any atom is -0.208 e. The second kappa shape index (κ2) is 5.96. The first-order valence-electron chi connectivity index (χ1n) is 4.80. The molecule has 1 rings (SSSR count). The van der Waals surface area contributed by atoms with E-state index in [9.17, 15) is 0 Å². The van der Waals surface area contributed by atoms with Crippen LogP contribution in [0.25, 0.3) is 0 Å². The number of hydrogen-bond acceptors (Lipinski definition) is 1. The molecule has 0 atom stereocenters. The van der Waals surface area contributed by atoms with Gasteiger partial charge >= 0.3 is 51.4 Å². The molecule has 0 aromatic heterocycles. The molecule has 2 heteroatoms. The van der Waals surface area contributed by atoms with Gasteiger partial charge in [0.25, 0.3) is 0 Å². The van der Waals surface area contributed by atoms with Crippen LogP contribution in [0.5, 0.6) is 0 Å². The predicted octanol–water partition coefficient (Wildman–Crippen LogP) is -1.23. The predicted molar refractivity (Wildman–Crippen MR) is 35.5 cm³/mol. The maximum Gasteiger partial charge on any atom is 1.00 e. The summed E-state index contributed by atoms with van der Waals surface area (Å²) in [6, 6.07) is -0.349. The van der Waals surface area contributed by atoms with Crippen LogP contribution in [0, 0.1) is 17.8 Å². The van der Waals surface area contributed by atoms with Gasteiger partial charge in [0.15, 0.2) is 0 Å². The monoisotopic (exact) mass is 160 g/mol. The molecular formula is C8H6KN. The zero-order chi connectivity index (χ0) is 10.9. The average molecular weight is 160 g/mol. The summed E-state index contributed by atoms with van der Waals surface area (Å²) < 4.78 is 36.6. The molecule has 0 saturated heterocycles. The Balaban J connectivity index is 0.00000196. The summed E-state index contributed by atoms with van der Waals surface area (Å²) in [5, 5.41) is 8.38. The van der Waals surface area contributed by atoms with Crippen molar-refractivity contribution in [1.82, 2.24) is 0 Å². The molecule has 0 fully saturated rings. The van der Waals surface area contributed by atoms with Crippen molar-refractivity contribution in [2.75, 3.05) is 0 Å². The zero-order valence-electron chi connectivity index (χ0n) is 10.5. The van der Waals surface area contributed by atoms with Crippen LogP contribution < -0.4 is 51.4 Å². The van der Waals surface area contributed by atoms with Crippen molar-refractivity contribution >= 4 is 0 Å². The van der Waals surface area contributed by atoms with E-state index in [0.29, 0.717) is 0 Å². The minimum absolute atomic E-state index is 0. The molecule has 10 heavy (non-hydrogen) atoms. The van der Waals surface area contributed by atoms with Crippen molar-refractivity contribution < 1.29 is 58.2 Å². The number of nitrogens with zero attached hydrogens (tertiary/aromatic N) is 1. The largest absolute Gasteiger partial charge is 1.00 e. The molecule has 0 amide bonds. The Morgan fingerprint density at radius 1 is 1.40 bits per heavy atom. The van der Waals surface area contributed by atoms with E-state index in [-0.39, 0.29) is 69.0 Å². The zero-order valence-corrected chi connectivity index (χ0v) is 8.65. The molecule has 1 aromatic rings. The SMILES string of the molecule is [2H]c1c([2H])c([2H])c([CH-]C#N)c([2H])c1[2H].[K+]. The van der Waals surface area contributed by atoms with Gasteiger partial charge in [-0.3, -0.25) is 0 Å². The molecule has 0 aliphatic rings. The Morgan fingerprint density at radius 2 is 2.00 bits per heavy atom. The van der Waals surface area contributed by atoms with E-state index in [0.717, 1.165) is 6.42 Å². The van der Waals surface area contributed by atoms with Crippen molar-refractivity contribution in [1.29, 1.82) is 5.26 Å². The summed E-state index contributed by atoms with van der Waals surface area (Å²) in [6.07, 6.45) is 0.945. The van der Waals surface area contributed by atoms with Crippen LogP contribution in [0.4, 0.5) is 0 Å². The summed E-state index contributed by atoms with van der Waals surface area (Å²) in [5.41, 5.74) is -0.0708. The Morgan fingerprint density at radius 3 is 2.50 bits per heavy atom. The third kappa shape index (κ3) is 3.40. The van der Waals surface area contributed by atoms with Crippen LogP contribution >= 0.6 is 0 Å². The molecule has 0 bridgehead atoms. The van der Waals surface area contributed by atoms with Gasteiger partial charge in [-0.05, 0) is 2.74 Å². The Labute approximate surface area is 111 Å². The third-order valence-electron chi connectivity index (χ3n) is 0.728. The molecule has 0 heterocycles. The minimum atomic E-state index is -0.449. The van der Waals surface area contributed by atoms with Gasteiger partial charge in [0.05, 0.1) is 1.37 Å². The molecule has 0 unspecified atom stereocenters. The first kappa shape index (κ1) is 4.29. The fraction of sp³-hybridized carbons (Fsp3) is 0. The Kier molecular flexibility index (Phi) is 2.56. The van der Waals surface area contributed by atoms with Gasteiger partial charge in [-0.25, -0.2) is 5.26 Å². The number of benzene rings is 1. The van der Waals surface area contributed by atoms with E-state index < -0.39 is 18.1 Å². The molecule has 0 aliphatic heterocycles. The van der Waals surface area contributed by atoms with Crippen molar-refractivity contribution in [3.63, 3.8) is 0 Å². The second-order valence-corrected chi connectivity index (χ2v) is 1.31. The molecule has 0 N–H and O–H groups in total. The molecule has 0 aliphatic carbocycles. The molecular weight excluding hydrogens is 149 g/mol. The normalized spacial score (nSPS) is 14.1.